The van der Waals surface area contributed by atoms with E-state index in [1.165, 1.54) is 4.90 Å². The van der Waals surface area contributed by atoms with Crippen molar-refractivity contribution in [1.29, 1.82) is 0 Å². The normalized spacial score (nSPS) is 10.5. The number of nitrogens with zero attached hydrogens (tertiary/aromatic N) is 1. The number of benzene rings is 2. The summed E-state index contributed by atoms with van der Waals surface area (Å²) in [5.74, 6) is -1.11. The van der Waals surface area contributed by atoms with Gasteiger partial charge in [0, 0.05) is 18.3 Å². The van der Waals surface area contributed by atoms with Gasteiger partial charge in [-0.2, -0.15) is 0 Å². The number of carbonyl (C=O) groups excluding carboxylic acids is 1. The highest BCUT2D eigenvalue weighted by molar-refractivity contribution is 6.08. The molecule has 0 aliphatic rings. The molecule has 1 N–H and O–H groups in total. The summed E-state index contributed by atoms with van der Waals surface area (Å²) < 4.78 is 0. The van der Waals surface area contributed by atoms with E-state index in [9.17, 15) is 14.7 Å². The van der Waals surface area contributed by atoms with Crippen LogP contribution in [0.25, 0.3) is 0 Å². The lowest BCUT2D eigenvalue weighted by Gasteiger charge is -2.23. The summed E-state index contributed by atoms with van der Waals surface area (Å²) in [4.78, 5) is 25.9. The van der Waals surface area contributed by atoms with Crippen LogP contribution in [0.3, 0.4) is 0 Å². The maximum absolute atomic E-state index is 12.9. The highest BCUT2D eigenvalue weighted by atomic mass is 16.4. The van der Waals surface area contributed by atoms with Gasteiger partial charge < -0.3 is 10.0 Å². The number of carboxylic acid groups (broad SMARTS) is 1. The molecule has 0 fully saturated rings. The minimum absolute atomic E-state index is 0.135. The molecule has 4 heteroatoms. The maximum atomic E-state index is 12.9. The zero-order valence-electron chi connectivity index (χ0n) is 14.1. The van der Waals surface area contributed by atoms with Crippen LogP contribution in [-0.4, -0.2) is 24.0 Å². The second kappa shape index (κ2) is 6.24. The Labute approximate surface area is 136 Å². The lowest BCUT2D eigenvalue weighted by atomic mass is 9.98. The van der Waals surface area contributed by atoms with E-state index in [0.29, 0.717) is 22.4 Å². The van der Waals surface area contributed by atoms with Gasteiger partial charge >= 0.3 is 5.97 Å². The van der Waals surface area contributed by atoms with Crippen LogP contribution in [0.2, 0.25) is 0 Å². The SMILES string of the molecule is Cc1cccc(C)c1C(=O)N(C)c1ccc(C)c(C(=O)O)c1C. The van der Waals surface area contributed by atoms with Crippen LogP contribution in [-0.2, 0) is 0 Å². The van der Waals surface area contributed by atoms with Crippen molar-refractivity contribution in [2.75, 3.05) is 11.9 Å². The van der Waals surface area contributed by atoms with Crippen molar-refractivity contribution in [3.63, 3.8) is 0 Å². The van der Waals surface area contributed by atoms with Gasteiger partial charge in [0.05, 0.1) is 5.56 Å². The Morgan fingerprint density at radius 2 is 1.39 bits per heavy atom. The van der Waals surface area contributed by atoms with Crippen LogP contribution < -0.4 is 4.90 Å². The number of aromatic carboxylic acids is 1. The number of anilines is 1. The summed E-state index contributed by atoms with van der Waals surface area (Å²) >= 11 is 0. The molecule has 0 atom stereocenters. The number of rotatable bonds is 3. The monoisotopic (exact) mass is 311 g/mol. The van der Waals surface area contributed by atoms with Crippen molar-refractivity contribution in [2.24, 2.45) is 0 Å². The third kappa shape index (κ3) is 2.97. The number of amides is 1. The number of aryl methyl sites for hydroxylation is 3. The molecule has 2 aromatic carbocycles. The molecule has 2 aromatic rings. The van der Waals surface area contributed by atoms with Crippen LogP contribution in [0, 0.1) is 27.7 Å². The summed E-state index contributed by atoms with van der Waals surface area (Å²) in [6.07, 6.45) is 0. The fraction of sp³-hybridized carbons (Fsp3) is 0.263. The fourth-order valence-electron chi connectivity index (χ4n) is 2.96. The molecule has 0 unspecified atom stereocenters. The minimum Gasteiger partial charge on any atom is -0.478 e. The predicted octanol–water partition coefficient (Wildman–Crippen LogP) is 3.90. The van der Waals surface area contributed by atoms with E-state index in [1.54, 1.807) is 33.0 Å². The van der Waals surface area contributed by atoms with Gasteiger partial charge in [0.2, 0.25) is 0 Å². The van der Waals surface area contributed by atoms with Crippen LogP contribution >= 0.6 is 0 Å². The van der Waals surface area contributed by atoms with Gasteiger partial charge in [-0.1, -0.05) is 24.3 Å². The van der Waals surface area contributed by atoms with Gasteiger partial charge in [0.1, 0.15) is 0 Å². The van der Waals surface area contributed by atoms with Gasteiger partial charge in [-0.3, -0.25) is 4.79 Å². The Morgan fingerprint density at radius 3 is 1.91 bits per heavy atom. The smallest absolute Gasteiger partial charge is 0.336 e. The molecule has 0 saturated carbocycles. The molecule has 0 spiro atoms. The van der Waals surface area contributed by atoms with E-state index in [2.05, 4.69) is 0 Å². The summed E-state index contributed by atoms with van der Waals surface area (Å²) in [6, 6.07) is 9.25. The molecular weight excluding hydrogens is 290 g/mol. The van der Waals surface area contributed by atoms with Crippen LogP contribution in [0.5, 0.6) is 0 Å². The molecule has 23 heavy (non-hydrogen) atoms. The molecule has 1 amide bonds. The van der Waals surface area contributed by atoms with Crippen LogP contribution in [0.4, 0.5) is 5.69 Å². The molecule has 0 bridgehead atoms. The topological polar surface area (TPSA) is 57.6 Å². The Bertz CT molecular complexity index is 773. The lowest BCUT2D eigenvalue weighted by Crippen LogP contribution is -2.29. The maximum Gasteiger partial charge on any atom is 0.336 e. The van der Waals surface area contributed by atoms with Crippen molar-refractivity contribution < 1.29 is 14.7 Å². The Kier molecular flexibility index (Phi) is 4.55. The van der Waals surface area contributed by atoms with Crippen molar-refractivity contribution in [3.05, 3.63) is 63.7 Å². The molecule has 0 aromatic heterocycles. The molecule has 4 nitrogen and oxygen atoms in total. The number of carbonyl (C=O) groups is 2. The van der Waals surface area contributed by atoms with Crippen molar-refractivity contribution in [2.45, 2.75) is 27.7 Å². The molecule has 0 aliphatic heterocycles. The predicted molar refractivity (Wildman–Crippen MR) is 91.5 cm³/mol. The van der Waals surface area contributed by atoms with E-state index in [0.717, 1.165) is 11.1 Å². The highest BCUT2D eigenvalue weighted by Crippen LogP contribution is 2.27. The van der Waals surface area contributed by atoms with E-state index in [-0.39, 0.29) is 11.5 Å². The highest BCUT2D eigenvalue weighted by Gasteiger charge is 2.22. The minimum atomic E-state index is -0.977. The molecule has 0 heterocycles. The van der Waals surface area contributed by atoms with Gasteiger partial charge in [0.15, 0.2) is 0 Å². The first-order chi connectivity index (χ1) is 10.8. The molecule has 120 valence electrons. The third-order valence-electron chi connectivity index (χ3n) is 4.22. The van der Waals surface area contributed by atoms with E-state index >= 15 is 0 Å². The standard InChI is InChI=1S/C19H21NO3/c1-11-7-6-8-12(2)16(11)18(21)20(5)15-10-9-13(3)17(14(15)4)19(22)23/h6-10H,1-5H3,(H,22,23). The first-order valence-electron chi connectivity index (χ1n) is 7.43. The Balaban J connectivity index is 2.53. The third-order valence-corrected chi connectivity index (χ3v) is 4.22. The quantitative estimate of drug-likeness (QED) is 0.935. The second-order valence-corrected chi connectivity index (χ2v) is 5.84. The van der Waals surface area contributed by atoms with E-state index in [4.69, 9.17) is 0 Å². The fourth-order valence-corrected chi connectivity index (χ4v) is 2.96. The Morgan fingerprint density at radius 1 is 0.870 bits per heavy atom. The van der Waals surface area contributed by atoms with Gasteiger partial charge in [-0.15, -0.1) is 0 Å². The molecular formula is C19H21NO3. The summed E-state index contributed by atoms with van der Waals surface area (Å²) in [7, 11) is 1.68. The zero-order chi connectivity index (χ0) is 17.3. The molecule has 0 radical (unpaired) electrons. The summed E-state index contributed by atoms with van der Waals surface area (Å²) in [5.41, 5.74) is 4.62. The largest absolute Gasteiger partial charge is 0.478 e. The molecule has 0 aliphatic carbocycles. The lowest BCUT2D eigenvalue weighted by molar-refractivity contribution is 0.0695. The summed E-state index contributed by atoms with van der Waals surface area (Å²) in [6.45, 7) is 7.30. The average Bonchev–Trinajstić information content (AvgIpc) is 2.46. The van der Waals surface area contributed by atoms with Crippen molar-refractivity contribution in [1.82, 2.24) is 0 Å². The number of carboxylic acids is 1. The number of hydrogen-bond donors (Lipinski definition) is 1. The van der Waals surface area contributed by atoms with E-state index < -0.39 is 5.97 Å². The van der Waals surface area contributed by atoms with Gasteiger partial charge in [-0.05, 0) is 56.0 Å². The van der Waals surface area contributed by atoms with Crippen molar-refractivity contribution >= 4 is 17.6 Å². The molecule has 2 rings (SSSR count). The van der Waals surface area contributed by atoms with Gasteiger partial charge in [-0.25, -0.2) is 4.79 Å². The van der Waals surface area contributed by atoms with Gasteiger partial charge in [0.25, 0.3) is 5.91 Å². The average molecular weight is 311 g/mol. The zero-order valence-corrected chi connectivity index (χ0v) is 14.1. The van der Waals surface area contributed by atoms with Crippen LogP contribution in [0.15, 0.2) is 30.3 Å². The Hall–Kier alpha value is -2.62. The first-order valence-corrected chi connectivity index (χ1v) is 7.43. The van der Waals surface area contributed by atoms with Crippen LogP contribution in [0.1, 0.15) is 43.0 Å². The summed E-state index contributed by atoms with van der Waals surface area (Å²) in [5, 5.41) is 9.39. The molecule has 0 saturated heterocycles. The number of hydrogen-bond acceptors (Lipinski definition) is 2. The first kappa shape index (κ1) is 16.7. The van der Waals surface area contributed by atoms with E-state index in [1.807, 2.05) is 32.0 Å². The van der Waals surface area contributed by atoms with Crippen molar-refractivity contribution in [3.8, 4) is 0 Å². The second-order valence-electron chi connectivity index (χ2n) is 5.84.